The second-order valence-electron chi connectivity index (χ2n) is 5.28. The lowest BCUT2D eigenvalue weighted by atomic mass is 9.92. The van der Waals surface area contributed by atoms with Crippen molar-refractivity contribution in [3.05, 3.63) is 35.6 Å². The van der Waals surface area contributed by atoms with Crippen LogP contribution in [-0.4, -0.2) is 6.04 Å². The number of halogens is 1. The summed E-state index contributed by atoms with van der Waals surface area (Å²) >= 11 is 0. The number of benzene rings is 1. The topological polar surface area (TPSA) is 38.0 Å². The van der Waals surface area contributed by atoms with Crippen LogP contribution in [0.15, 0.2) is 24.3 Å². The molecule has 17 heavy (non-hydrogen) atoms. The minimum absolute atomic E-state index is 0.180. The lowest BCUT2D eigenvalue weighted by Gasteiger charge is -2.22. The van der Waals surface area contributed by atoms with E-state index in [1.54, 1.807) is 0 Å². The SMILES string of the molecule is CC1CCC(C(Cc2ccc(F)cc2)NN)C1. The molecule has 3 N–H and O–H groups in total. The summed E-state index contributed by atoms with van der Waals surface area (Å²) in [6.45, 7) is 2.30. The van der Waals surface area contributed by atoms with E-state index in [9.17, 15) is 4.39 Å². The third-order valence-electron chi connectivity index (χ3n) is 3.89. The van der Waals surface area contributed by atoms with E-state index < -0.39 is 0 Å². The number of hydrogen-bond donors (Lipinski definition) is 2. The Morgan fingerprint density at radius 2 is 2.06 bits per heavy atom. The van der Waals surface area contributed by atoms with Crippen molar-refractivity contribution in [1.82, 2.24) is 5.43 Å². The van der Waals surface area contributed by atoms with E-state index >= 15 is 0 Å². The van der Waals surface area contributed by atoms with Crippen LogP contribution in [0.5, 0.6) is 0 Å². The van der Waals surface area contributed by atoms with Crippen molar-refractivity contribution in [2.24, 2.45) is 17.7 Å². The molecule has 3 atom stereocenters. The van der Waals surface area contributed by atoms with Gasteiger partial charge in [0.05, 0.1) is 0 Å². The zero-order chi connectivity index (χ0) is 12.3. The average Bonchev–Trinajstić information content (AvgIpc) is 2.75. The molecule has 0 spiro atoms. The van der Waals surface area contributed by atoms with Gasteiger partial charge < -0.3 is 0 Å². The van der Waals surface area contributed by atoms with Crippen molar-refractivity contribution < 1.29 is 4.39 Å². The molecule has 0 radical (unpaired) electrons. The maximum atomic E-state index is 12.8. The molecule has 0 aliphatic heterocycles. The van der Waals surface area contributed by atoms with Crippen molar-refractivity contribution in [2.75, 3.05) is 0 Å². The van der Waals surface area contributed by atoms with Gasteiger partial charge >= 0.3 is 0 Å². The van der Waals surface area contributed by atoms with Crippen LogP contribution in [0.1, 0.15) is 31.7 Å². The highest BCUT2D eigenvalue weighted by molar-refractivity contribution is 5.17. The standard InChI is InChI=1S/C14H21FN2/c1-10-2-5-12(8-10)14(17-16)9-11-3-6-13(15)7-4-11/h3-4,6-7,10,12,14,17H,2,5,8-9,16H2,1H3. The Kier molecular flexibility index (Phi) is 4.13. The van der Waals surface area contributed by atoms with Gasteiger partial charge in [-0.3, -0.25) is 11.3 Å². The summed E-state index contributed by atoms with van der Waals surface area (Å²) in [6.07, 6.45) is 4.67. The minimum atomic E-state index is -0.180. The van der Waals surface area contributed by atoms with Crippen molar-refractivity contribution in [3.8, 4) is 0 Å². The summed E-state index contributed by atoms with van der Waals surface area (Å²) < 4.78 is 12.8. The zero-order valence-corrected chi connectivity index (χ0v) is 10.3. The van der Waals surface area contributed by atoms with Crippen LogP contribution < -0.4 is 11.3 Å². The van der Waals surface area contributed by atoms with Crippen LogP contribution in [0.25, 0.3) is 0 Å². The molecule has 0 aromatic heterocycles. The summed E-state index contributed by atoms with van der Waals surface area (Å²) in [5.41, 5.74) is 4.08. The van der Waals surface area contributed by atoms with Crippen LogP contribution in [0.2, 0.25) is 0 Å². The number of hydrazine groups is 1. The third kappa shape index (κ3) is 3.27. The van der Waals surface area contributed by atoms with E-state index in [2.05, 4.69) is 12.3 Å². The lowest BCUT2D eigenvalue weighted by Crippen LogP contribution is -2.41. The van der Waals surface area contributed by atoms with Crippen molar-refractivity contribution in [3.63, 3.8) is 0 Å². The van der Waals surface area contributed by atoms with Gasteiger partial charge in [-0.2, -0.15) is 0 Å². The molecule has 2 rings (SSSR count). The average molecular weight is 236 g/mol. The van der Waals surface area contributed by atoms with Crippen molar-refractivity contribution in [1.29, 1.82) is 0 Å². The number of hydrogen-bond acceptors (Lipinski definition) is 2. The first-order chi connectivity index (χ1) is 8.19. The molecule has 1 aromatic rings. The van der Waals surface area contributed by atoms with Gasteiger partial charge in [-0.05, 0) is 48.8 Å². The molecule has 94 valence electrons. The van der Waals surface area contributed by atoms with E-state index in [0.717, 1.165) is 17.9 Å². The Bertz CT molecular complexity index is 350. The smallest absolute Gasteiger partial charge is 0.123 e. The van der Waals surface area contributed by atoms with Gasteiger partial charge in [0, 0.05) is 6.04 Å². The second kappa shape index (κ2) is 5.61. The summed E-state index contributed by atoms with van der Waals surface area (Å²) in [4.78, 5) is 0. The van der Waals surface area contributed by atoms with E-state index in [4.69, 9.17) is 5.84 Å². The Morgan fingerprint density at radius 3 is 2.59 bits per heavy atom. The summed E-state index contributed by atoms with van der Waals surface area (Å²) in [6, 6.07) is 7.03. The van der Waals surface area contributed by atoms with Gasteiger partial charge in [0.15, 0.2) is 0 Å². The van der Waals surface area contributed by atoms with Crippen LogP contribution in [0.3, 0.4) is 0 Å². The molecule has 1 aliphatic rings. The molecule has 3 heteroatoms. The first-order valence-electron chi connectivity index (χ1n) is 6.39. The van der Waals surface area contributed by atoms with E-state index in [1.165, 1.54) is 31.4 Å². The largest absolute Gasteiger partial charge is 0.271 e. The predicted molar refractivity (Wildman–Crippen MR) is 67.7 cm³/mol. The van der Waals surface area contributed by atoms with Crippen molar-refractivity contribution >= 4 is 0 Å². The zero-order valence-electron chi connectivity index (χ0n) is 10.3. The molecule has 0 heterocycles. The van der Waals surface area contributed by atoms with Gasteiger partial charge in [-0.25, -0.2) is 4.39 Å². The molecule has 1 fully saturated rings. The monoisotopic (exact) mass is 236 g/mol. The molecule has 0 amide bonds. The first kappa shape index (κ1) is 12.5. The van der Waals surface area contributed by atoms with E-state index in [-0.39, 0.29) is 5.82 Å². The number of nitrogens with one attached hydrogen (secondary N) is 1. The quantitative estimate of drug-likeness (QED) is 0.623. The molecule has 0 bridgehead atoms. The van der Waals surface area contributed by atoms with Gasteiger partial charge in [-0.1, -0.05) is 25.5 Å². The highest BCUT2D eigenvalue weighted by atomic mass is 19.1. The van der Waals surface area contributed by atoms with Gasteiger partial charge in [-0.15, -0.1) is 0 Å². The van der Waals surface area contributed by atoms with Gasteiger partial charge in [0.25, 0.3) is 0 Å². The number of rotatable bonds is 4. The molecule has 3 unspecified atom stereocenters. The van der Waals surface area contributed by atoms with Crippen LogP contribution in [0.4, 0.5) is 4.39 Å². The lowest BCUT2D eigenvalue weighted by molar-refractivity contribution is 0.352. The van der Waals surface area contributed by atoms with Gasteiger partial charge in [0.2, 0.25) is 0 Å². The fourth-order valence-corrected chi connectivity index (χ4v) is 2.85. The summed E-state index contributed by atoms with van der Waals surface area (Å²) in [5, 5.41) is 0. The number of nitrogens with two attached hydrogens (primary N) is 1. The Morgan fingerprint density at radius 1 is 1.35 bits per heavy atom. The van der Waals surface area contributed by atoms with E-state index in [1.807, 2.05) is 12.1 Å². The second-order valence-corrected chi connectivity index (χ2v) is 5.28. The molecule has 1 saturated carbocycles. The third-order valence-corrected chi connectivity index (χ3v) is 3.89. The fourth-order valence-electron chi connectivity index (χ4n) is 2.85. The Hall–Kier alpha value is -0.930. The highest BCUT2D eigenvalue weighted by Crippen LogP contribution is 2.33. The molecule has 0 saturated heterocycles. The molecular formula is C14H21FN2. The molecule has 1 aliphatic carbocycles. The fraction of sp³-hybridized carbons (Fsp3) is 0.571. The maximum Gasteiger partial charge on any atom is 0.123 e. The highest BCUT2D eigenvalue weighted by Gasteiger charge is 2.28. The van der Waals surface area contributed by atoms with Crippen LogP contribution in [0, 0.1) is 17.7 Å². The molecular weight excluding hydrogens is 215 g/mol. The normalized spacial score (nSPS) is 26.1. The summed E-state index contributed by atoms with van der Waals surface area (Å²) in [7, 11) is 0. The van der Waals surface area contributed by atoms with Crippen LogP contribution in [-0.2, 0) is 6.42 Å². The molecule has 2 nitrogen and oxygen atoms in total. The van der Waals surface area contributed by atoms with Gasteiger partial charge in [0.1, 0.15) is 5.82 Å². The summed E-state index contributed by atoms with van der Waals surface area (Å²) in [5.74, 6) is 6.93. The maximum absolute atomic E-state index is 12.8. The van der Waals surface area contributed by atoms with E-state index in [0.29, 0.717) is 12.0 Å². The van der Waals surface area contributed by atoms with Crippen molar-refractivity contribution in [2.45, 2.75) is 38.6 Å². The Labute approximate surface area is 102 Å². The Balaban J connectivity index is 1.97. The predicted octanol–water partition coefficient (Wildman–Crippen LogP) is 2.64. The first-order valence-corrected chi connectivity index (χ1v) is 6.39. The minimum Gasteiger partial charge on any atom is -0.271 e. The van der Waals surface area contributed by atoms with Crippen LogP contribution >= 0.6 is 0 Å². The molecule has 1 aromatic carbocycles.